The van der Waals surface area contributed by atoms with E-state index >= 15 is 0 Å². The fraction of sp³-hybridized carbons (Fsp3) is 0.667. The normalized spacial score (nSPS) is 32.9. The molecule has 0 heterocycles. The van der Waals surface area contributed by atoms with E-state index in [2.05, 4.69) is 112 Å². The van der Waals surface area contributed by atoms with Crippen molar-refractivity contribution >= 4 is 123 Å². The second-order valence-electron chi connectivity index (χ2n) is 2.83. The van der Waals surface area contributed by atoms with Crippen LogP contribution in [0.5, 0.6) is 0 Å². The van der Waals surface area contributed by atoms with E-state index in [1.165, 1.54) is 0 Å². The zero-order valence-electron chi connectivity index (χ0n) is 6.54. The maximum atomic E-state index is 12.1. The lowest BCUT2D eigenvalue weighted by molar-refractivity contribution is -0.128. The van der Waals surface area contributed by atoms with Gasteiger partial charge in [0.2, 0.25) is 0 Å². The van der Waals surface area contributed by atoms with Crippen molar-refractivity contribution in [1.82, 2.24) is 0 Å². The van der Waals surface area contributed by atoms with Crippen molar-refractivity contribution < 1.29 is 9.59 Å². The minimum absolute atomic E-state index is 0.232. The quantitative estimate of drug-likeness (QED) is 0.361. The molecule has 1 rings (SSSR count). The van der Waals surface area contributed by atoms with Gasteiger partial charge < -0.3 is 0 Å². The molecule has 0 amide bonds. The first kappa shape index (κ1) is 15.8. The molecule has 1 fully saturated rings. The Morgan fingerprint density at radius 2 is 1.27 bits per heavy atom. The number of alkyl halides is 7. The van der Waals surface area contributed by atoms with Gasteiger partial charge >= 0.3 is 0 Å². The first-order chi connectivity index (χ1) is 6.47. The average molecular weight is 664 g/mol. The van der Waals surface area contributed by atoms with E-state index in [9.17, 15) is 9.59 Å². The Labute approximate surface area is 145 Å². The van der Waals surface area contributed by atoms with E-state index in [1.54, 1.807) is 0 Å². The second-order valence-corrected chi connectivity index (χ2v) is 14.2. The smallest absolute Gasteiger partial charge is 0.191 e. The lowest BCUT2D eigenvalue weighted by atomic mass is 9.97. The highest BCUT2D eigenvalue weighted by Crippen LogP contribution is 2.59. The third-order valence-corrected chi connectivity index (χ3v) is 11.8. The Morgan fingerprint density at radius 1 is 0.867 bits per heavy atom. The van der Waals surface area contributed by atoms with Crippen LogP contribution in [-0.2, 0) is 9.59 Å². The summed E-state index contributed by atoms with van der Waals surface area (Å²) >= 11 is 22.3. The van der Waals surface area contributed by atoms with Gasteiger partial charge in [0.15, 0.2) is 21.3 Å². The maximum Gasteiger partial charge on any atom is 0.191 e. The van der Waals surface area contributed by atoms with Gasteiger partial charge in [-0.25, -0.2) is 0 Å². The number of rotatable bonds is 0. The number of ketones is 2. The molecule has 15 heavy (non-hydrogen) atoms. The van der Waals surface area contributed by atoms with Crippen LogP contribution in [0.25, 0.3) is 0 Å². The molecule has 86 valence electrons. The predicted octanol–water partition coefficient (Wildman–Crippen LogP) is 4.36. The third-order valence-electron chi connectivity index (χ3n) is 1.84. The minimum Gasteiger partial charge on any atom is -0.296 e. The summed E-state index contributed by atoms with van der Waals surface area (Å²) in [5.74, 6) is -0.505. The van der Waals surface area contributed by atoms with Crippen molar-refractivity contribution in [2.24, 2.45) is 0 Å². The molecule has 0 aromatic rings. The zero-order chi connectivity index (χ0) is 12.2. The van der Waals surface area contributed by atoms with Crippen LogP contribution in [0.3, 0.4) is 0 Å². The summed E-state index contributed by atoms with van der Waals surface area (Å²) in [6.45, 7) is 0. The van der Waals surface area contributed by atoms with Crippen molar-refractivity contribution in [3.05, 3.63) is 0 Å². The number of Topliss-reactive ketones (excluding diaryl/α,β-unsaturated/α-hetero) is 2. The molecular formula is C6HBr7O2. The predicted molar refractivity (Wildman–Crippen MR) is 84.5 cm³/mol. The fourth-order valence-corrected chi connectivity index (χ4v) is 6.02. The van der Waals surface area contributed by atoms with Crippen LogP contribution in [0.1, 0.15) is 0 Å². The van der Waals surface area contributed by atoms with Gasteiger partial charge in [0, 0.05) is 0 Å². The van der Waals surface area contributed by atoms with E-state index in [-0.39, 0.29) is 11.6 Å². The number of hydrogen-bond acceptors (Lipinski definition) is 2. The SMILES string of the molecule is O=C1C(Br)C(Br)(Br)C(=O)C(Br)(Br)C1(Br)Br. The van der Waals surface area contributed by atoms with E-state index in [1.807, 2.05) is 0 Å². The molecule has 0 bridgehead atoms. The molecule has 0 aliphatic heterocycles. The molecule has 0 saturated heterocycles. The van der Waals surface area contributed by atoms with Crippen LogP contribution in [0.15, 0.2) is 0 Å². The lowest BCUT2D eigenvalue weighted by Gasteiger charge is -2.43. The number of carbonyl (C=O) groups excluding carboxylic acids is 2. The molecular weight excluding hydrogens is 663 g/mol. The average Bonchev–Trinajstić information content (AvgIpc) is 2.12. The van der Waals surface area contributed by atoms with E-state index in [0.29, 0.717) is 0 Å². The van der Waals surface area contributed by atoms with Crippen molar-refractivity contribution in [2.45, 2.75) is 14.5 Å². The number of halogens is 7. The molecule has 1 saturated carbocycles. The van der Waals surface area contributed by atoms with Crippen molar-refractivity contribution in [2.75, 3.05) is 0 Å². The highest BCUT2D eigenvalue weighted by Gasteiger charge is 2.68. The molecule has 0 aromatic carbocycles. The summed E-state index contributed by atoms with van der Waals surface area (Å²) in [6, 6.07) is 0. The largest absolute Gasteiger partial charge is 0.296 e. The monoisotopic (exact) mass is 657 g/mol. The van der Waals surface area contributed by atoms with Gasteiger partial charge in [-0.3, -0.25) is 9.59 Å². The Bertz CT molecular complexity index is 334. The lowest BCUT2D eigenvalue weighted by Crippen LogP contribution is -2.64. The highest BCUT2D eigenvalue weighted by molar-refractivity contribution is 9.31. The van der Waals surface area contributed by atoms with Gasteiger partial charge in [-0.05, 0) is 0 Å². The van der Waals surface area contributed by atoms with Crippen LogP contribution < -0.4 is 0 Å². The van der Waals surface area contributed by atoms with Gasteiger partial charge in [-0.2, -0.15) is 0 Å². The van der Waals surface area contributed by atoms with Gasteiger partial charge in [-0.15, -0.1) is 0 Å². The first-order valence-corrected chi connectivity index (χ1v) is 9.01. The Morgan fingerprint density at radius 3 is 1.67 bits per heavy atom. The molecule has 0 spiro atoms. The van der Waals surface area contributed by atoms with Gasteiger partial charge in [0.25, 0.3) is 0 Å². The topological polar surface area (TPSA) is 34.1 Å². The zero-order valence-corrected chi connectivity index (χ0v) is 17.6. The van der Waals surface area contributed by atoms with Crippen LogP contribution >= 0.6 is 112 Å². The molecule has 9 heteroatoms. The molecule has 1 aliphatic carbocycles. The molecule has 0 N–H and O–H groups in total. The second kappa shape index (κ2) is 4.67. The molecule has 0 aromatic heterocycles. The summed E-state index contributed by atoms with van der Waals surface area (Å²) in [5.41, 5.74) is 0. The summed E-state index contributed by atoms with van der Waals surface area (Å²) in [4.78, 5) is 23.4. The van der Waals surface area contributed by atoms with E-state index < -0.39 is 14.5 Å². The minimum atomic E-state index is -1.23. The van der Waals surface area contributed by atoms with Crippen molar-refractivity contribution in [3.8, 4) is 0 Å². The molecule has 1 atom stereocenters. The van der Waals surface area contributed by atoms with Gasteiger partial charge in [-0.1, -0.05) is 112 Å². The first-order valence-electron chi connectivity index (χ1n) is 3.34. The van der Waals surface area contributed by atoms with E-state index in [0.717, 1.165) is 0 Å². The number of hydrogen-bond donors (Lipinski definition) is 0. The highest BCUT2D eigenvalue weighted by atomic mass is 79.9. The van der Waals surface area contributed by atoms with Crippen molar-refractivity contribution in [1.29, 1.82) is 0 Å². The number of carbonyl (C=O) groups is 2. The maximum absolute atomic E-state index is 12.1. The summed E-state index contributed by atoms with van der Waals surface area (Å²) in [5, 5.41) is 0. The van der Waals surface area contributed by atoms with Crippen LogP contribution in [-0.4, -0.2) is 26.1 Å². The third kappa shape index (κ3) is 2.29. The van der Waals surface area contributed by atoms with Crippen LogP contribution in [0.4, 0.5) is 0 Å². The van der Waals surface area contributed by atoms with Crippen LogP contribution in [0.2, 0.25) is 0 Å². The Balaban J connectivity index is 3.37. The van der Waals surface area contributed by atoms with Crippen LogP contribution in [0, 0.1) is 0 Å². The summed E-state index contributed by atoms with van der Waals surface area (Å²) in [6.07, 6.45) is 0. The molecule has 1 aliphatic rings. The summed E-state index contributed by atoms with van der Waals surface area (Å²) in [7, 11) is 0. The molecule has 2 nitrogen and oxygen atoms in total. The molecule has 0 radical (unpaired) electrons. The van der Waals surface area contributed by atoms with E-state index in [4.69, 9.17) is 0 Å². The Kier molecular flexibility index (Phi) is 4.90. The van der Waals surface area contributed by atoms with Gasteiger partial charge in [0.05, 0.1) is 0 Å². The van der Waals surface area contributed by atoms with Crippen molar-refractivity contribution in [3.63, 3.8) is 0 Å². The fourth-order valence-electron chi connectivity index (χ4n) is 0.946. The molecule has 1 unspecified atom stereocenters. The Hall–Kier alpha value is 2.70. The summed E-state index contributed by atoms with van der Waals surface area (Å²) < 4.78 is -3.58. The van der Waals surface area contributed by atoms with Gasteiger partial charge in [0.1, 0.15) is 4.83 Å². The standard InChI is InChI=1S/C6HBr7O2/c7-1-2(14)5(10,11)6(12,13)3(15)4(1,8)9/h1H.